The molecule has 0 aliphatic carbocycles. The van der Waals surface area contributed by atoms with Gasteiger partial charge in [-0.25, -0.2) is 8.42 Å². The highest BCUT2D eigenvalue weighted by Gasteiger charge is 2.34. The number of benzene rings is 1. The Morgan fingerprint density at radius 2 is 1.90 bits per heavy atom. The lowest BCUT2D eigenvalue weighted by atomic mass is 10.2. The van der Waals surface area contributed by atoms with E-state index in [0.29, 0.717) is 42.5 Å². The number of fused-ring (bicyclic) bond motifs is 1. The summed E-state index contributed by atoms with van der Waals surface area (Å²) in [6, 6.07) is 7.59. The molecule has 1 N–H and O–H groups in total. The molecule has 4 rings (SSSR count). The molecule has 1 atom stereocenters. The van der Waals surface area contributed by atoms with Crippen LogP contribution in [0.2, 0.25) is 5.02 Å². The monoisotopic (exact) mass is 455 g/mol. The minimum atomic E-state index is -2.91. The number of hydrogen-bond acceptors (Lipinski definition) is 6. The van der Waals surface area contributed by atoms with Crippen molar-refractivity contribution in [3.8, 4) is 0 Å². The Balaban J connectivity index is 1.29. The molecule has 2 aliphatic heterocycles. The first-order valence-corrected chi connectivity index (χ1v) is 12.5. The standard InChI is InChI=1S/C19H22ClN3O4S2/c20-17-14-3-1-2-4-15(14)28-18(17)19(25)21-11-16(24)23-8-6-22(7-9-23)13-5-10-29(26,27)12-13/h1-4,13H,5-12H2,(H,21,25)/t13-/m0/s1. The SMILES string of the molecule is O=C(NCC(=O)N1CCN([C@H]2CCS(=O)(=O)C2)CC1)c1sc2ccccc2c1Cl. The molecule has 2 fully saturated rings. The Bertz CT molecular complexity index is 1040. The van der Waals surface area contributed by atoms with Crippen LogP contribution in [0.3, 0.4) is 0 Å². The van der Waals surface area contributed by atoms with E-state index in [-0.39, 0.29) is 35.9 Å². The zero-order chi connectivity index (χ0) is 20.6. The Morgan fingerprint density at radius 3 is 2.55 bits per heavy atom. The van der Waals surface area contributed by atoms with Gasteiger partial charge in [0.1, 0.15) is 4.88 Å². The van der Waals surface area contributed by atoms with E-state index < -0.39 is 9.84 Å². The van der Waals surface area contributed by atoms with Crippen molar-refractivity contribution in [1.82, 2.24) is 15.1 Å². The summed E-state index contributed by atoms with van der Waals surface area (Å²) in [5.74, 6) is -0.0237. The van der Waals surface area contributed by atoms with Gasteiger partial charge in [0.15, 0.2) is 9.84 Å². The van der Waals surface area contributed by atoms with E-state index in [1.165, 1.54) is 11.3 Å². The van der Waals surface area contributed by atoms with Gasteiger partial charge >= 0.3 is 0 Å². The number of amides is 2. The van der Waals surface area contributed by atoms with Crippen molar-refractivity contribution in [3.05, 3.63) is 34.2 Å². The summed E-state index contributed by atoms with van der Waals surface area (Å²) in [5, 5.41) is 3.92. The number of hydrogen-bond donors (Lipinski definition) is 1. The molecule has 2 saturated heterocycles. The van der Waals surface area contributed by atoms with Crippen LogP contribution in [0.4, 0.5) is 0 Å². The third kappa shape index (κ3) is 4.42. The summed E-state index contributed by atoms with van der Waals surface area (Å²) in [6.07, 6.45) is 0.669. The minimum absolute atomic E-state index is 0.0621. The van der Waals surface area contributed by atoms with E-state index in [1.807, 2.05) is 24.3 Å². The number of thiophene rings is 1. The van der Waals surface area contributed by atoms with E-state index in [2.05, 4.69) is 10.2 Å². The average molecular weight is 456 g/mol. The number of piperazine rings is 1. The quantitative estimate of drug-likeness (QED) is 0.757. The Kier molecular flexibility index (Phi) is 5.83. The van der Waals surface area contributed by atoms with Crippen molar-refractivity contribution in [2.45, 2.75) is 12.5 Å². The summed E-state index contributed by atoms with van der Waals surface area (Å²) in [4.78, 5) is 29.3. The number of rotatable bonds is 4. The number of carbonyl (C=O) groups is 2. The summed E-state index contributed by atoms with van der Waals surface area (Å²) in [5.41, 5.74) is 0. The predicted octanol–water partition coefficient (Wildman–Crippen LogP) is 1.62. The van der Waals surface area contributed by atoms with Crippen molar-refractivity contribution < 1.29 is 18.0 Å². The van der Waals surface area contributed by atoms with Crippen molar-refractivity contribution >= 4 is 54.7 Å². The van der Waals surface area contributed by atoms with Crippen LogP contribution in [0, 0.1) is 0 Å². The molecule has 1 aromatic heterocycles. The highest BCUT2D eigenvalue weighted by Crippen LogP contribution is 2.34. The highest BCUT2D eigenvalue weighted by molar-refractivity contribution is 7.91. The van der Waals surface area contributed by atoms with Crippen LogP contribution in [-0.2, 0) is 14.6 Å². The lowest BCUT2D eigenvalue weighted by Gasteiger charge is -2.37. The van der Waals surface area contributed by atoms with E-state index in [0.717, 1.165) is 10.1 Å². The van der Waals surface area contributed by atoms with Gasteiger partial charge in [-0.05, 0) is 12.5 Å². The number of sulfone groups is 1. The number of nitrogens with one attached hydrogen (secondary N) is 1. The average Bonchev–Trinajstić information content (AvgIpc) is 3.25. The second-order valence-corrected chi connectivity index (χ2v) is 11.1. The number of nitrogens with zero attached hydrogens (tertiary/aromatic N) is 2. The van der Waals surface area contributed by atoms with Gasteiger partial charge in [0.05, 0.1) is 23.1 Å². The summed E-state index contributed by atoms with van der Waals surface area (Å²) < 4.78 is 24.3. The molecular formula is C19H22ClN3O4S2. The third-order valence-corrected chi connectivity index (χ3v) is 8.96. The number of halogens is 1. The maximum Gasteiger partial charge on any atom is 0.263 e. The molecule has 3 heterocycles. The Morgan fingerprint density at radius 1 is 1.17 bits per heavy atom. The largest absolute Gasteiger partial charge is 0.342 e. The van der Waals surface area contributed by atoms with Gasteiger partial charge in [-0.1, -0.05) is 29.8 Å². The smallest absolute Gasteiger partial charge is 0.263 e. The van der Waals surface area contributed by atoms with Gasteiger partial charge in [0, 0.05) is 42.3 Å². The van der Waals surface area contributed by atoms with Gasteiger partial charge in [-0.2, -0.15) is 0 Å². The van der Waals surface area contributed by atoms with Crippen LogP contribution in [0.1, 0.15) is 16.1 Å². The van der Waals surface area contributed by atoms with Crippen LogP contribution in [-0.4, -0.2) is 80.3 Å². The maximum absolute atomic E-state index is 12.5. The van der Waals surface area contributed by atoms with Crippen LogP contribution in [0.25, 0.3) is 10.1 Å². The lowest BCUT2D eigenvalue weighted by molar-refractivity contribution is -0.132. The fraction of sp³-hybridized carbons (Fsp3) is 0.474. The molecule has 0 saturated carbocycles. The van der Waals surface area contributed by atoms with E-state index in [4.69, 9.17) is 11.6 Å². The molecule has 2 aliphatic rings. The molecule has 0 unspecified atom stereocenters. The van der Waals surface area contributed by atoms with Crippen molar-refractivity contribution in [2.24, 2.45) is 0 Å². The minimum Gasteiger partial charge on any atom is -0.342 e. The molecule has 0 spiro atoms. The van der Waals surface area contributed by atoms with E-state index >= 15 is 0 Å². The topological polar surface area (TPSA) is 86.8 Å². The predicted molar refractivity (Wildman–Crippen MR) is 114 cm³/mol. The van der Waals surface area contributed by atoms with Crippen LogP contribution >= 0.6 is 22.9 Å². The summed E-state index contributed by atoms with van der Waals surface area (Å²) in [7, 11) is -2.91. The molecule has 2 amide bonds. The van der Waals surface area contributed by atoms with Gasteiger partial charge in [0.25, 0.3) is 5.91 Å². The van der Waals surface area contributed by atoms with E-state index in [1.54, 1.807) is 4.90 Å². The fourth-order valence-corrected chi connectivity index (χ4v) is 7.10. The van der Waals surface area contributed by atoms with Crippen molar-refractivity contribution in [3.63, 3.8) is 0 Å². The zero-order valence-electron chi connectivity index (χ0n) is 15.8. The molecule has 2 aromatic rings. The lowest BCUT2D eigenvalue weighted by Crippen LogP contribution is -2.53. The molecule has 0 radical (unpaired) electrons. The van der Waals surface area contributed by atoms with Crippen LogP contribution in [0.15, 0.2) is 24.3 Å². The van der Waals surface area contributed by atoms with Crippen LogP contribution < -0.4 is 5.32 Å². The first-order chi connectivity index (χ1) is 13.8. The van der Waals surface area contributed by atoms with Crippen LogP contribution in [0.5, 0.6) is 0 Å². The molecule has 29 heavy (non-hydrogen) atoms. The van der Waals surface area contributed by atoms with Crippen molar-refractivity contribution in [2.75, 3.05) is 44.2 Å². The molecule has 10 heteroatoms. The summed E-state index contributed by atoms with van der Waals surface area (Å²) in [6.45, 7) is 2.30. The Hall–Kier alpha value is -1.68. The molecule has 1 aromatic carbocycles. The Labute approximate surface area is 178 Å². The normalized spacial score (nSPS) is 22.1. The second kappa shape index (κ2) is 8.22. The molecular weight excluding hydrogens is 434 g/mol. The summed E-state index contributed by atoms with van der Waals surface area (Å²) >= 11 is 7.63. The third-order valence-electron chi connectivity index (χ3n) is 5.53. The fourth-order valence-electron chi connectivity index (χ4n) is 3.91. The van der Waals surface area contributed by atoms with Gasteiger partial charge in [-0.15, -0.1) is 11.3 Å². The molecule has 0 bridgehead atoms. The molecule has 156 valence electrons. The first-order valence-electron chi connectivity index (χ1n) is 9.51. The van der Waals surface area contributed by atoms with Gasteiger partial charge in [0.2, 0.25) is 5.91 Å². The highest BCUT2D eigenvalue weighted by atomic mass is 35.5. The van der Waals surface area contributed by atoms with E-state index in [9.17, 15) is 18.0 Å². The van der Waals surface area contributed by atoms with Gasteiger partial charge in [-0.3, -0.25) is 14.5 Å². The molecule has 7 nitrogen and oxygen atoms in total. The second-order valence-electron chi connectivity index (χ2n) is 7.40. The first kappa shape index (κ1) is 20.6. The zero-order valence-corrected chi connectivity index (χ0v) is 18.2. The maximum atomic E-state index is 12.5. The number of carbonyl (C=O) groups excluding carboxylic acids is 2. The van der Waals surface area contributed by atoms with Gasteiger partial charge < -0.3 is 10.2 Å². The van der Waals surface area contributed by atoms with Crippen molar-refractivity contribution in [1.29, 1.82) is 0 Å².